The van der Waals surface area contributed by atoms with E-state index in [9.17, 15) is 0 Å². The Morgan fingerprint density at radius 2 is 2.00 bits per heavy atom. The van der Waals surface area contributed by atoms with E-state index in [1.54, 1.807) is 0 Å². The van der Waals surface area contributed by atoms with Crippen molar-refractivity contribution in [1.82, 2.24) is 5.32 Å². The summed E-state index contributed by atoms with van der Waals surface area (Å²) in [6, 6.07) is 0.671. The van der Waals surface area contributed by atoms with Crippen LogP contribution in [0.5, 0.6) is 0 Å². The zero-order valence-electron chi connectivity index (χ0n) is 11.2. The van der Waals surface area contributed by atoms with Gasteiger partial charge in [0.1, 0.15) is 0 Å². The molecule has 0 spiro atoms. The highest BCUT2D eigenvalue weighted by Gasteiger charge is 2.25. The van der Waals surface area contributed by atoms with Crippen LogP contribution in [0.25, 0.3) is 0 Å². The van der Waals surface area contributed by atoms with Gasteiger partial charge >= 0.3 is 0 Å². The molecule has 0 heterocycles. The normalized spacial score (nSPS) is 27.6. The number of unbranched alkanes of at least 4 members (excludes halogenated alkanes) is 1. The van der Waals surface area contributed by atoms with E-state index in [2.05, 4.69) is 31.9 Å². The van der Waals surface area contributed by atoms with Gasteiger partial charge in [-0.15, -0.1) is 6.58 Å². The molecule has 0 saturated heterocycles. The lowest BCUT2D eigenvalue weighted by Gasteiger charge is -2.33. The largest absolute Gasteiger partial charge is 0.316 e. The molecule has 1 unspecified atom stereocenters. The van der Waals surface area contributed by atoms with Gasteiger partial charge in [0.25, 0.3) is 0 Å². The molecular weight excluding hydrogens is 194 g/mol. The molecule has 1 atom stereocenters. The van der Waals surface area contributed by atoms with Crippen LogP contribution in [0.1, 0.15) is 58.3 Å². The third-order valence-electron chi connectivity index (χ3n) is 4.22. The summed E-state index contributed by atoms with van der Waals surface area (Å²) in [4.78, 5) is 0. The molecule has 0 amide bonds. The molecule has 0 aliphatic heterocycles. The molecule has 1 rings (SSSR count). The molecule has 1 saturated carbocycles. The van der Waals surface area contributed by atoms with Gasteiger partial charge in [0.2, 0.25) is 0 Å². The van der Waals surface area contributed by atoms with E-state index in [1.807, 2.05) is 0 Å². The summed E-state index contributed by atoms with van der Waals surface area (Å²) in [6.07, 6.45) is 13.2. The Morgan fingerprint density at radius 3 is 2.50 bits per heavy atom. The van der Waals surface area contributed by atoms with Gasteiger partial charge in [0.05, 0.1) is 0 Å². The summed E-state index contributed by atoms with van der Waals surface area (Å²) >= 11 is 0. The highest BCUT2D eigenvalue weighted by atomic mass is 14.9. The molecule has 94 valence electrons. The first-order chi connectivity index (χ1) is 7.81. The second-order valence-corrected chi connectivity index (χ2v) is 5.34. The minimum absolute atomic E-state index is 0.671. The van der Waals surface area contributed by atoms with Gasteiger partial charge in [0, 0.05) is 6.04 Å². The van der Waals surface area contributed by atoms with Crippen molar-refractivity contribution in [3.63, 3.8) is 0 Å². The first-order valence-corrected chi connectivity index (χ1v) is 7.10. The fourth-order valence-corrected chi connectivity index (χ4v) is 3.10. The second kappa shape index (κ2) is 7.89. The van der Waals surface area contributed by atoms with Crippen molar-refractivity contribution >= 4 is 0 Å². The minimum atomic E-state index is 0.671. The molecule has 1 heteroatoms. The van der Waals surface area contributed by atoms with E-state index >= 15 is 0 Å². The molecular formula is C15H29N. The van der Waals surface area contributed by atoms with Gasteiger partial charge in [-0.3, -0.25) is 0 Å². The van der Waals surface area contributed by atoms with Crippen LogP contribution in [0.15, 0.2) is 12.7 Å². The predicted octanol–water partition coefficient (Wildman–Crippen LogP) is 4.15. The molecule has 0 aromatic heterocycles. The Hall–Kier alpha value is -0.300. The summed E-state index contributed by atoms with van der Waals surface area (Å²) in [5, 5.41) is 3.46. The second-order valence-electron chi connectivity index (χ2n) is 5.34. The molecule has 0 aromatic carbocycles. The standard InChI is InChI=1S/C15H29N/c1-4-6-8-13-9-11-14(12-10-13)15(16-3)7-5-2/h5,13-16H,2,4,6-12H2,1,3H3. The lowest BCUT2D eigenvalue weighted by Crippen LogP contribution is -2.35. The fraction of sp³-hybridized carbons (Fsp3) is 0.867. The molecule has 1 nitrogen and oxygen atoms in total. The van der Waals surface area contributed by atoms with Crippen LogP contribution in [0.2, 0.25) is 0 Å². The maximum absolute atomic E-state index is 3.86. The summed E-state index contributed by atoms with van der Waals surface area (Å²) < 4.78 is 0. The van der Waals surface area contributed by atoms with Crippen LogP contribution in [0.4, 0.5) is 0 Å². The van der Waals surface area contributed by atoms with Gasteiger partial charge in [0.15, 0.2) is 0 Å². The van der Waals surface area contributed by atoms with Crippen molar-refractivity contribution in [1.29, 1.82) is 0 Å². The summed E-state index contributed by atoms with van der Waals surface area (Å²) in [7, 11) is 2.09. The number of rotatable bonds is 7. The molecule has 1 N–H and O–H groups in total. The highest BCUT2D eigenvalue weighted by molar-refractivity contribution is 4.85. The van der Waals surface area contributed by atoms with Gasteiger partial charge in [-0.25, -0.2) is 0 Å². The van der Waals surface area contributed by atoms with Crippen molar-refractivity contribution in [2.24, 2.45) is 11.8 Å². The third-order valence-corrected chi connectivity index (χ3v) is 4.22. The van der Waals surface area contributed by atoms with E-state index in [4.69, 9.17) is 0 Å². The summed E-state index contributed by atoms with van der Waals surface area (Å²) in [6.45, 7) is 6.16. The van der Waals surface area contributed by atoms with Crippen LogP contribution < -0.4 is 5.32 Å². The molecule has 0 aromatic rings. The molecule has 0 bridgehead atoms. The maximum atomic E-state index is 3.86. The van der Waals surface area contributed by atoms with Gasteiger partial charge in [-0.2, -0.15) is 0 Å². The third kappa shape index (κ3) is 4.29. The topological polar surface area (TPSA) is 12.0 Å². The van der Waals surface area contributed by atoms with E-state index in [-0.39, 0.29) is 0 Å². The zero-order chi connectivity index (χ0) is 11.8. The quantitative estimate of drug-likeness (QED) is 0.639. The van der Waals surface area contributed by atoms with Crippen molar-refractivity contribution in [3.05, 3.63) is 12.7 Å². The number of hydrogen-bond donors (Lipinski definition) is 1. The van der Waals surface area contributed by atoms with Gasteiger partial charge in [-0.1, -0.05) is 45.1 Å². The summed E-state index contributed by atoms with van der Waals surface area (Å²) in [5.74, 6) is 1.92. The van der Waals surface area contributed by atoms with Crippen molar-refractivity contribution < 1.29 is 0 Å². The summed E-state index contributed by atoms with van der Waals surface area (Å²) in [5.41, 5.74) is 0. The number of hydrogen-bond acceptors (Lipinski definition) is 1. The number of nitrogens with one attached hydrogen (secondary N) is 1. The Balaban J connectivity index is 2.26. The smallest absolute Gasteiger partial charge is 0.0127 e. The molecule has 0 radical (unpaired) electrons. The van der Waals surface area contributed by atoms with E-state index in [0.717, 1.165) is 18.3 Å². The van der Waals surface area contributed by atoms with Crippen LogP contribution in [-0.4, -0.2) is 13.1 Å². The van der Waals surface area contributed by atoms with E-state index in [0.29, 0.717) is 6.04 Å². The van der Waals surface area contributed by atoms with Crippen LogP contribution in [0, 0.1) is 11.8 Å². The Morgan fingerprint density at radius 1 is 1.31 bits per heavy atom. The molecule has 16 heavy (non-hydrogen) atoms. The molecule has 1 aliphatic carbocycles. The predicted molar refractivity (Wildman–Crippen MR) is 72.6 cm³/mol. The van der Waals surface area contributed by atoms with Crippen molar-refractivity contribution in [3.8, 4) is 0 Å². The first-order valence-electron chi connectivity index (χ1n) is 7.10. The Bertz CT molecular complexity index is 180. The first kappa shape index (κ1) is 13.8. The fourth-order valence-electron chi connectivity index (χ4n) is 3.10. The maximum Gasteiger partial charge on any atom is 0.0127 e. The SMILES string of the molecule is C=CCC(NC)C1CCC(CCCC)CC1. The Kier molecular flexibility index (Phi) is 6.79. The molecule has 1 fully saturated rings. The monoisotopic (exact) mass is 223 g/mol. The average Bonchev–Trinajstić information content (AvgIpc) is 2.34. The average molecular weight is 223 g/mol. The van der Waals surface area contributed by atoms with Crippen molar-refractivity contribution in [2.75, 3.05) is 7.05 Å². The zero-order valence-corrected chi connectivity index (χ0v) is 11.2. The minimum Gasteiger partial charge on any atom is -0.316 e. The molecule has 1 aliphatic rings. The van der Waals surface area contributed by atoms with Gasteiger partial charge < -0.3 is 5.32 Å². The highest BCUT2D eigenvalue weighted by Crippen LogP contribution is 2.34. The van der Waals surface area contributed by atoms with E-state index < -0.39 is 0 Å². The van der Waals surface area contributed by atoms with Crippen LogP contribution in [0.3, 0.4) is 0 Å². The lowest BCUT2D eigenvalue weighted by atomic mass is 9.76. The van der Waals surface area contributed by atoms with Gasteiger partial charge in [-0.05, 0) is 38.1 Å². The van der Waals surface area contributed by atoms with E-state index in [1.165, 1.54) is 44.9 Å². The van der Waals surface area contributed by atoms with Crippen molar-refractivity contribution in [2.45, 2.75) is 64.3 Å². The lowest BCUT2D eigenvalue weighted by molar-refractivity contribution is 0.217. The Labute approximate surface area is 102 Å². The van der Waals surface area contributed by atoms with Crippen LogP contribution >= 0.6 is 0 Å². The van der Waals surface area contributed by atoms with Crippen LogP contribution in [-0.2, 0) is 0 Å².